The molecule has 0 spiro atoms. The van der Waals surface area contributed by atoms with E-state index in [-0.39, 0.29) is 23.4 Å². The number of aliphatic hydroxyl groups excluding tert-OH is 1. The molecule has 1 amide bonds. The molecule has 3 rings (SSSR count). The Morgan fingerprint density at radius 3 is 2.71 bits per heavy atom. The quantitative estimate of drug-likeness (QED) is 0.788. The second-order valence-corrected chi connectivity index (χ2v) is 6.30. The number of nitrogens with one attached hydrogen (secondary N) is 1. The van der Waals surface area contributed by atoms with E-state index in [9.17, 15) is 14.7 Å². The number of aromatic nitrogens is 1. The number of nitrogens with zero attached hydrogens (tertiary/aromatic N) is 1. The summed E-state index contributed by atoms with van der Waals surface area (Å²) < 4.78 is 1.55. The number of aryl methyl sites for hydroxylation is 1. The van der Waals surface area contributed by atoms with E-state index < -0.39 is 6.10 Å². The van der Waals surface area contributed by atoms with Crippen LogP contribution in [0.4, 0.5) is 5.69 Å². The Kier molecular flexibility index (Phi) is 4.51. The maximum Gasteiger partial charge on any atom is 0.255 e. The average molecular weight is 327 g/mol. The highest BCUT2D eigenvalue weighted by Gasteiger charge is 2.34. The molecule has 0 saturated heterocycles. The van der Waals surface area contributed by atoms with Crippen LogP contribution >= 0.6 is 0 Å². The smallest absolute Gasteiger partial charge is 0.255 e. The van der Waals surface area contributed by atoms with Crippen molar-refractivity contribution in [1.82, 2.24) is 4.57 Å². The van der Waals surface area contributed by atoms with E-state index in [0.717, 1.165) is 11.3 Å². The van der Waals surface area contributed by atoms with Crippen LogP contribution < -0.4 is 16.6 Å². The summed E-state index contributed by atoms with van der Waals surface area (Å²) in [7, 11) is 0. The number of carbonyl (C=O) groups excluding carboxylic acids is 1. The van der Waals surface area contributed by atoms with Crippen molar-refractivity contribution in [3.8, 4) is 5.69 Å². The number of anilines is 1. The van der Waals surface area contributed by atoms with Crippen molar-refractivity contribution in [2.45, 2.75) is 31.9 Å². The monoisotopic (exact) mass is 327 g/mol. The molecular weight excluding hydrogens is 306 g/mol. The predicted octanol–water partition coefficient (Wildman–Crippen LogP) is 1.18. The summed E-state index contributed by atoms with van der Waals surface area (Å²) in [6.45, 7) is 1.88. The summed E-state index contributed by atoms with van der Waals surface area (Å²) in [5.41, 5.74) is 7.96. The maximum atomic E-state index is 12.3. The Labute approximate surface area is 139 Å². The van der Waals surface area contributed by atoms with Gasteiger partial charge in [0.1, 0.15) is 0 Å². The number of pyridine rings is 1. The molecule has 0 aliphatic heterocycles. The number of carbonyl (C=O) groups is 1. The molecule has 24 heavy (non-hydrogen) atoms. The van der Waals surface area contributed by atoms with Crippen LogP contribution in [0.25, 0.3) is 5.69 Å². The van der Waals surface area contributed by atoms with Gasteiger partial charge in [0.25, 0.3) is 5.56 Å². The van der Waals surface area contributed by atoms with Crippen LogP contribution in [-0.4, -0.2) is 27.7 Å². The SMILES string of the molecule is Cc1cc(-n2ccccc2=O)ccc1NC(=O)[C@@H]1C[C@H](N)[C@@H](O)C1. The number of nitrogens with two attached hydrogens (primary N) is 1. The van der Waals surface area contributed by atoms with E-state index in [1.807, 2.05) is 13.0 Å². The third-order valence-electron chi connectivity index (χ3n) is 4.52. The second kappa shape index (κ2) is 6.59. The Morgan fingerprint density at radius 1 is 1.29 bits per heavy atom. The van der Waals surface area contributed by atoms with Gasteiger partial charge in [-0.25, -0.2) is 0 Å². The summed E-state index contributed by atoms with van der Waals surface area (Å²) in [6, 6.07) is 10.1. The number of amides is 1. The van der Waals surface area contributed by atoms with E-state index in [2.05, 4.69) is 5.32 Å². The number of hydrogen-bond acceptors (Lipinski definition) is 4. The van der Waals surface area contributed by atoms with Crippen molar-refractivity contribution >= 4 is 11.6 Å². The van der Waals surface area contributed by atoms with E-state index in [4.69, 9.17) is 5.73 Å². The normalized spacial score (nSPS) is 23.2. The molecule has 1 fully saturated rings. The largest absolute Gasteiger partial charge is 0.391 e. The molecule has 1 aromatic carbocycles. The minimum atomic E-state index is -0.617. The Balaban J connectivity index is 1.77. The zero-order valence-corrected chi connectivity index (χ0v) is 13.5. The van der Waals surface area contributed by atoms with E-state index >= 15 is 0 Å². The van der Waals surface area contributed by atoms with Gasteiger partial charge in [-0.1, -0.05) is 6.07 Å². The van der Waals surface area contributed by atoms with Gasteiger partial charge in [-0.3, -0.25) is 14.2 Å². The summed E-state index contributed by atoms with van der Waals surface area (Å²) in [4.78, 5) is 24.2. The van der Waals surface area contributed by atoms with Crippen molar-refractivity contribution in [1.29, 1.82) is 0 Å². The molecule has 126 valence electrons. The summed E-state index contributed by atoms with van der Waals surface area (Å²) in [5, 5.41) is 12.6. The van der Waals surface area contributed by atoms with Crippen molar-refractivity contribution in [3.63, 3.8) is 0 Å². The number of rotatable bonds is 3. The molecule has 6 nitrogen and oxygen atoms in total. The first-order valence-electron chi connectivity index (χ1n) is 7.99. The molecule has 1 aliphatic carbocycles. The van der Waals surface area contributed by atoms with Crippen molar-refractivity contribution in [2.75, 3.05) is 5.32 Å². The highest BCUT2D eigenvalue weighted by Crippen LogP contribution is 2.27. The van der Waals surface area contributed by atoms with Crippen molar-refractivity contribution < 1.29 is 9.90 Å². The van der Waals surface area contributed by atoms with Crippen LogP contribution in [-0.2, 0) is 4.79 Å². The fraction of sp³-hybridized carbons (Fsp3) is 0.333. The minimum Gasteiger partial charge on any atom is -0.391 e. The second-order valence-electron chi connectivity index (χ2n) is 6.30. The summed E-state index contributed by atoms with van der Waals surface area (Å²) in [6.07, 6.45) is 1.97. The molecule has 2 aromatic rings. The molecule has 1 aliphatic rings. The standard InChI is InChI=1S/C18H21N3O3/c1-11-8-13(21-7-3-2-4-17(21)23)5-6-15(11)20-18(24)12-9-14(19)16(22)10-12/h2-8,12,14,16,22H,9-10,19H2,1H3,(H,20,24)/t12-,14+,16+/m1/s1. The molecule has 6 heteroatoms. The first kappa shape index (κ1) is 16.4. The zero-order valence-electron chi connectivity index (χ0n) is 13.5. The number of aliphatic hydroxyl groups is 1. The molecule has 3 atom stereocenters. The molecule has 0 bridgehead atoms. The van der Waals surface area contributed by atoms with Crippen LogP contribution in [0.1, 0.15) is 18.4 Å². The van der Waals surface area contributed by atoms with Crippen LogP contribution in [0.3, 0.4) is 0 Å². The summed E-state index contributed by atoms with van der Waals surface area (Å²) >= 11 is 0. The Hall–Kier alpha value is -2.44. The first-order chi connectivity index (χ1) is 11.5. The van der Waals surface area contributed by atoms with Gasteiger partial charge in [0.05, 0.1) is 6.10 Å². The molecular formula is C18H21N3O3. The molecule has 1 heterocycles. The fourth-order valence-corrected chi connectivity index (χ4v) is 3.08. The van der Waals surface area contributed by atoms with Gasteiger partial charge in [-0.05, 0) is 49.6 Å². The van der Waals surface area contributed by atoms with Gasteiger partial charge in [0.15, 0.2) is 0 Å². The van der Waals surface area contributed by atoms with Gasteiger partial charge in [0, 0.05) is 35.6 Å². The van der Waals surface area contributed by atoms with Gasteiger partial charge < -0.3 is 16.2 Å². The molecule has 0 unspecified atom stereocenters. The zero-order chi connectivity index (χ0) is 17.3. The Bertz CT molecular complexity index is 805. The molecule has 1 saturated carbocycles. The highest BCUT2D eigenvalue weighted by atomic mass is 16.3. The third-order valence-corrected chi connectivity index (χ3v) is 4.52. The van der Waals surface area contributed by atoms with Crippen LogP contribution in [0.2, 0.25) is 0 Å². The fourth-order valence-electron chi connectivity index (χ4n) is 3.08. The predicted molar refractivity (Wildman–Crippen MR) is 92.1 cm³/mol. The van der Waals surface area contributed by atoms with Gasteiger partial charge in [0.2, 0.25) is 5.91 Å². The van der Waals surface area contributed by atoms with Crippen LogP contribution in [0.5, 0.6) is 0 Å². The lowest BCUT2D eigenvalue weighted by atomic mass is 10.1. The topological polar surface area (TPSA) is 97.4 Å². The van der Waals surface area contributed by atoms with Crippen LogP contribution in [0, 0.1) is 12.8 Å². The number of benzene rings is 1. The van der Waals surface area contributed by atoms with E-state index in [1.165, 1.54) is 6.07 Å². The van der Waals surface area contributed by atoms with Crippen LogP contribution in [0.15, 0.2) is 47.4 Å². The molecule has 1 aromatic heterocycles. The minimum absolute atomic E-state index is 0.109. The number of hydrogen-bond donors (Lipinski definition) is 3. The lowest BCUT2D eigenvalue weighted by molar-refractivity contribution is -0.119. The summed E-state index contributed by atoms with van der Waals surface area (Å²) in [5.74, 6) is -0.402. The first-order valence-corrected chi connectivity index (χ1v) is 7.99. The van der Waals surface area contributed by atoms with Crippen molar-refractivity contribution in [2.24, 2.45) is 11.7 Å². The van der Waals surface area contributed by atoms with Gasteiger partial charge in [-0.2, -0.15) is 0 Å². The highest BCUT2D eigenvalue weighted by molar-refractivity contribution is 5.93. The molecule has 4 N–H and O–H groups in total. The van der Waals surface area contributed by atoms with Crippen molar-refractivity contribution in [3.05, 3.63) is 58.5 Å². The van der Waals surface area contributed by atoms with E-state index in [1.54, 1.807) is 35.0 Å². The maximum absolute atomic E-state index is 12.3. The van der Waals surface area contributed by atoms with Gasteiger partial charge in [-0.15, -0.1) is 0 Å². The average Bonchev–Trinajstić information content (AvgIpc) is 2.89. The third kappa shape index (κ3) is 3.25. The van der Waals surface area contributed by atoms with E-state index in [0.29, 0.717) is 18.5 Å². The van der Waals surface area contributed by atoms with Gasteiger partial charge >= 0.3 is 0 Å². The lowest BCUT2D eigenvalue weighted by Crippen LogP contribution is -2.28. The Morgan fingerprint density at radius 2 is 2.08 bits per heavy atom. The molecule has 0 radical (unpaired) electrons. The lowest BCUT2D eigenvalue weighted by Gasteiger charge is -2.14.